The Morgan fingerprint density at radius 2 is 1.89 bits per heavy atom. The van der Waals surface area contributed by atoms with E-state index in [1.807, 2.05) is 29.2 Å². The van der Waals surface area contributed by atoms with Crippen LogP contribution in [0.4, 0.5) is 0 Å². The summed E-state index contributed by atoms with van der Waals surface area (Å²) in [6.07, 6.45) is 0.962. The van der Waals surface area contributed by atoms with Gasteiger partial charge in [-0.2, -0.15) is 0 Å². The molecule has 1 aromatic carbocycles. The number of hydrogen-bond acceptors (Lipinski definition) is 5. The fourth-order valence-corrected chi connectivity index (χ4v) is 5.01. The molecule has 154 valence electrons. The highest BCUT2D eigenvalue weighted by molar-refractivity contribution is 7.91. The molecule has 2 saturated heterocycles. The predicted octanol–water partition coefficient (Wildman–Crippen LogP) is 1.57. The Kier molecular flexibility index (Phi) is 9.02. The molecule has 0 saturated carbocycles. The molecule has 2 aliphatic heterocycles. The number of halogens is 2. The van der Waals surface area contributed by atoms with Gasteiger partial charge >= 0.3 is 0 Å². The Hall–Kier alpha value is -0.860. The molecule has 1 amide bonds. The first-order valence-electron chi connectivity index (χ1n) is 8.91. The Labute approximate surface area is 174 Å². The van der Waals surface area contributed by atoms with Crippen molar-refractivity contribution in [2.75, 3.05) is 37.7 Å². The third-order valence-corrected chi connectivity index (χ3v) is 6.88. The van der Waals surface area contributed by atoms with Gasteiger partial charge in [0.25, 0.3) is 5.91 Å². The van der Waals surface area contributed by atoms with E-state index >= 15 is 0 Å². The molecule has 0 spiro atoms. The molecule has 2 atom stereocenters. The largest absolute Gasteiger partial charge is 0.336 e. The quantitative estimate of drug-likeness (QED) is 0.772. The lowest BCUT2D eigenvalue weighted by molar-refractivity contribution is 0.0743. The summed E-state index contributed by atoms with van der Waals surface area (Å²) in [6, 6.07) is 7.92. The van der Waals surface area contributed by atoms with Crippen molar-refractivity contribution < 1.29 is 13.2 Å². The minimum Gasteiger partial charge on any atom is -0.336 e. The molecule has 3 rings (SSSR count). The van der Waals surface area contributed by atoms with E-state index in [-0.39, 0.29) is 48.3 Å². The number of carbonyl (C=O) groups excluding carboxylic acids is 1. The number of likely N-dealkylation sites (tertiary alicyclic amines) is 1. The van der Waals surface area contributed by atoms with Crippen molar-refractivity contribution in [3.8, 4) is 0 Å². The van der Waals surface area contributed by atoms with Crippen molar-refractivity contribution in [3.63, 3.8) is 0 Å². The van der Waals surface area contributed by atoms with Gasteiger partial charge in [-0.25, -0.2) is 8.42 Å². The second kappa shape index (κ2) is 10.1. The lowest BCUT2D eigenvalue weighted by atomic mass is 10.1. The van der Waals surface area contributed by atoms with Crippen LogP contribution in [-0.4, -0.2) is 67.9 Å². The van der Waals surface area contributed by atoms with Gasteiger partial charge in [-0.15, -0.1) is 24.8 Å². The normalized spacial score (nSPS) is 24.7. The van der Waals surface area contributed by atoms with Crippen LogP contribution < -0.4 is 5.73 Å². The first-order chi connectivity index (χ1) is 11.9. The smallest absolute Gasteiger partial charge is 0.254 e. The number of sulfone groups is 1. The minimum atomic E-state index is -2.87. The highest BCUT2D eigenvalue weighted by atomic mass is 35.5. The maximum absolute atomic E-state index is 12.8. The van der Waals surface area contributed by atoms with Crippen LogP contribution in [0.3, 0.4) is 0 Å². The molecule has 2 fully saturated rings. The SMILES string of the molecule is CC1CC(CN)CN1C(=O)c1cccc(CN2CCS(=O)(=O)CC2)c1.Cl.Cl. The number of rotatable bonds is 4. The van der Waals surface area contributed by atoms with Crippen LogP contribution in [0.1, 0.15) is 29.3 Å². The predicted molar refractivity (Wildman–Crippen MR) is 113 cm³/mol. The van der Waals surface area contributed by atoms with Crippen molar-refractivity contribution in [2.24, 2.45) is 11.7 Å². The molecule has 1 aromatic rings. The average Bonchev–Trinajstić information content (AvgIpc) is 2.97. The van der Waals surface area contributed by atoms with Gasteiger partial charge in [-0.05, 0) is 43.5 Å². The summed E-state index contributed by atoms with van der Waals surface area (Å²) in [5.41, 5.74) is 7.51. The molecule has 2 unspecified atom stereocenters. The Bertz CT molecular complexity index is 731. The van der Waals surface area contributed by atoms with Gasteiger partial charge in [-0.1, -0.05) is 12.1 Å². The average molecular weight is 438 g/mol. The third-order valence-electron chi connectivity index (χ3n) is 5.27. The van der Waals surface area contributed by atoms with Gasteiger partial charge in [0.05, 0.1) is 11.5 Å². The summed E-state index contributed by atoms with van der Waals surface area (Å²) in [5.74, 6) is 0.887. The molecule has 0 aromatic heterocycles. The highest BCUT2D eigenvalue weighted by Crippen LogP contribution is 2.24. The molecule has 9 heteroatoms. The van der Waals surface area contributed by atoms with Crippen molar-refractivity contribution >= 4 is 40.6 Å². The molecule has 2 heterocycles. The first kappa shape index (κ1) is 24.2. The van der Waals surface area contributed by atoms with Crippen LogP contribution in [0, 0.1) is 5.92 Å². The maximum atomic E-state index is 12.8. The van der Waals surface area contributed by atoms with E-state index in [4.69, 9.17) is 5.73 Å². The van der Waals surface area contributed by atoms with Gasteiger partial charge in [0.1, 0.15) is 0 Å². The maximum Gasteiger partial charge on any atom is 0.254 e. The van der Waals surface area contributed by atoms with Gasteiger partial charge in [0, 0.05) is 37.8 Å². The van der Waals surface area contributed by atoms with Crippen molar-refractivity contribution in [2.45, 2.75) is 25.9 Å². The third kappa shape index (κ3) is 6.06. The minimum absolute atomic E-state index is 0. The fourth-order valence-electron chi connectivity index (χ4n) is 3.73. The van der Waals surface area contributed by atoms with E-state index in [2.05, 4.69) is 11.8 Å². The fraction of sp³-hybridized carbons (Fsp3) is 0.611. The van der Waals surface area contributed by atoms with Crippen molar-refractivity contribution in [1.29, 1.82) is 0 Å². The van der Waals surface area contributed by atoms with Crippen molar-refractivity contribution in [3.05, 3.63) is 35.4 Å². The summed E-state index contributed by atoms with van der Waals surface area (Å²) >= 11 is 0. The lowest BCUT2D eigenvalue weighted by Gasteiger charge is -2.27. The Morgan fingerprint density at radius 3 is 2.48 bits per heavy atom. The highest BCUT2D eigenvalue weighted by Gasteiger charge is 2.32. The van der Waals surface area contributed by atoms with Crippen LogP contribution in [-0.2, 0) is 16.4 Å². The van der Waals surface area contributed by atoms with Crippen LogP contribution in [0.5, 0.6) is 0 Å². The zero-order valence-corrected chi connectivity index (χ0v) is 18.0. The number of amides is 1. The van der Waals surface area contributed by atoms with E-state index in [1.54, 1.807) is 0 Å². The monoisotopic (exact) mass is 437 g/mol. The summed E-state index contributed by atoms with van der Waals surface area (Å²) in [5, 5.41) is 0. The van der Waals surface area contributed by atoms with Gasteiger partial charge in [0.2, 0.25) is 0 Å². The summed E-state index contributed by atoms with van der Waals surface area (Å²) in [7, 11) is -2.87. The molecule has 6 nitrogen and oxygen atoms in total. The Morgan fingerprint density at radius 1 is 1.22 bits per heavy atom. The van der Waals surface area contributed by atoms with Crippen LogP contribution in [0.15, 0.2) is 24.3 Å². The number of benzene rings is 1. The van der Waals surface area contributed by atoms with Crippen LogP contribution in [0.25, 0.3) is 0 Å². The summed E-state index contributed by atoms with van der Waals surface area (Å²) in [6.45, 7) is 5.21. The van der Waals surface area contributed by atoms with E-state index in [0.717, 1.165) is 18.5 Å². The zero-order chi connectivity index (χ0) is 18.0. The Balaban J connectivity index is 0.00000182. The molecule has 2 aliphatic rings. The van der Waals surface area contributed by atoms with Crippen LogP contribution >= 0.6 is 24.8 Å². The van der Waals surface area contributed by atoms with Gasteiger partial charge in [-0.3, -0.25) is 9.69 Å². The molecular formula is C18H29Cl2N3O3S. The number of nitrogens with two attached hydrogens (primary N) is 1. The standard InChI is InChI=1S/C18H27N3O3S.2ClH/c1-14-9-16(11-19)13-21(14)18(22)17-4-2-3-15(10-17)12-20-5-7-25(23,24)8-6-20;;/h2-4,10,14,16H,5-9,11-13,19H2,1H3;2*1H. The molecule has 0 radical (unpaired) electrons. The number of hydrogen-bond donors (Lipinski definition) is 1. The second-order valence-electron chi connectivity index (χ2n) is 7.27. The van der Waals surface area contributed by atoms with Crippen molar-refractivity contribution in [1.82, 2.24) is 9.80 Å². The number of carbonyl (C=O) groups is 1. The molecule has 0 bridgehead atoms. The molecular weight excluding hydrogens is 409 g/mol. The topological polar surface area (TPSA) is 83.7 Å². The van der Waals surface area contributed by atoms with E-state index in [0.29, 0.717) is 37.7 Å². The molecule has 2 N–H and O–H groups in total. The van der Waals surface area contributed by atoms with Gasteiger partial charge in [0.15, 0.2) is 9.84 Å². The second-order valence-corrected chi connectivity index (χ2v) is 9.58. The van der Waals surface area contributed by atoms with Gasteiger partial charge < -0.3 is 10.6 Å². The van der Waals surface area contributed by atoms with E-state index in [9.17, 15) is 13.2 Å². The molecule has 0 aliphatic carbocycles. The number of nitrogens with zero attached hydrogens (tertiary/aromatic N) is 2. The first-order valence-corrected chi connectivity index (χ1v) is 10.7. The summed E-state index contributed by atoms with van der Waals surface area (Å²) < 4.78 is 23.1. The van der Waals surface area contributed by atoms with E-state index < -0.39 is 9.84 Å². The zero-order valence-electron chi connectivity index (χ0n) is 15.5. The molecule has 27 heavy (non-hydrogen) atoms. The van der Waals surface area contributed by atoms with Crippen LogP contribution in [0.2, 0.25) is 0 Å². The van der Waals surface area contributed by atoms with E-state index in [1.165, 1.54) is 0 Å². The lowest BCUT2D eigenvalue weighted by Crippen LogP contribution is -2.39. The summed E-state index contributed by atoms with van der Waals surface area (Å²) in [4.78, 5) is 16.9.